The molecule has 0 saturated heterocycles. The van der Waals surface area contributed by atoms with Crippen LogP contribution in [0.5, 0.6) is 5.75 Å². The molecule has 0 aliphatic carbocycles. The van der Waals surface area contributed by atoms with E-state index in [0.29, 0.717) is 6.61 Å². The van der Waals surface area contributed by atoms with Gasteiger partial charge in [-0.1, -0.05) is 205 Å². The van der Waals surface area contributed by atoms with Gasteiger partial charge in [0.25, 0.3) is 13.4 Å². The molecule has 0 radical (unpaired) electrons. The van der Waals surface area contributed by atoms with Crippen molar-refractivity contribution in [3.63, 3.8) is 0 Å². The Hall–Kier alpha value is -8.26. The molecule has 0 N–H and O–H groups in total. The highest BCUT2D eigenvalue weighted by atomic mass is 32.2. The predicted octanol–water partition coefficient (Wildman–Crippen LogP) is 15.1. The molecule has 9 aromatic carbocycles. The van der Waals surface area contributed by atoms with Gasteiger partial charge in [0.1, 0.15) is 12.4 Å². The van der Waals surface area contributed by atoms with Gasteiger partial charge in [-0.3, -0.25) is 0 Å². The van der Waals surface area contributed by atoms with Gasteiger partial charge < -0.3 is 14.5 Å². The van der Waals surface area contributed by atoms with Crippen molar-refractivity contribution in [2.45, 2.75) is 9.79 Å². The quantitative estimate of drug-likeness (QED) is 0.154. The first-order chi connectivity index (χ1) is 37.2. The zero-order valence-electron chi connectivity index (χ0n) is 40.7. The molecule has 352 valence electrons. The molecule has 2 bridgehead atoms. The van der Waals surface area contributed by atoms with Crippen LogP contribution < -0.4 is 40.5 Å². The van der Waals surface area contributed by atoms with Crippen LogP contribution in [0, 0.1) is 0 Å². The van der Waals surface area contributed by atoms with E-state index in [1.165, 1.54) is 95.9 Å². The van der Waals surface area contributed by atoms with Gasteiger partial charge >= 0.3 is 0 Å². The van der Waals surface area contributed by atoms with Crippen LogP contribution in [0.15, 0.2) is 270 Å². The van der Waals surface area contributed by atoms with E-state index in [9.17, 15) is 0 Å². The molecule has 2 aromatic heterocycles. The first-order valence-corrected chi connectivity index (χ1v) is 28.0. The Morgan fingerprint density at radius 3 is 1.57 bits per heavy atom. The van der Waals surface area contributed by atoms with Gasteiger partial charge in [-0.2, -0.15) is 0 Å². The molecular weight excluding hydrogens is 967 g/mol. The summed E-state index contributed by atoms with van der Waals surface area (Å²) in [5.74, 6) is 0.884. The third kappa shape index (κ3) is 7.12. The molecule has 0 spiro atoms. The molecular formula is C67H44B2N2OS3. The van der Waals surface area contributed by atoms with Gasteiger partial charge in [0, 0.05) is 63.0 Å². The van der Waals surface area contributed by atoms with Gasteiger partial charge in [0.2, 0.25) is 0 Å². The van der Waals surface area contributed by atoms with Crippen molar-refractivity contribution in [1.82, 2.24) is 0 Å². The maximum Gasteiger partial charge on any atom is 0.263 e. The number of rotatable bonds is 6. The highest BCUT2D eigenvalue weighted by Gasteiger charge is 2.46. The third-order valence-electron chi connectivity index (χ3n) is 15.2. The van der Waals surface area contributed by atoms with Crippen LogP contribution in [0.3, 0.4) is 0 Å². The molecule has 3 nitrogen and oxygen atoms in total. The monoisotopic (exact) mass is 1010 g/mol. The summed E-state index contributed by atoms with van der Waals surface area (Å²) >= 11 is 5.73. The molecule has 75 heavy (non-hydrogen) atoms. The number of anilines is 5. The lowest BCUT2D eigenvalue weighted by molar-refractivity contribution is 0.366. The van der Waals surface area contributed by atoms with Crippen molar-refractivity contribution < 1.29 is 4.74 Å². The van der Waals surface area contributed by atoms with Crippen LogP contribution in [-0.4, -0.2) is 20.0 Å². The van der Waals surface area contributed by atoms with Crippen LogP contribution in [0.1, 0.15) is 0 Å². The summed E-state index contributed by atoms with van der Waals surface area (Å²) in [4.78, 5) is 10.1. The normalized spacial score (nSPS) is 14.5. The zero-order valence-corrected chi connectivity index (χ0v) is 43.1. The Morgan fingerprint density at radius 2 is 0.973 bits per heavy atom. The van der Waals surface area contributed by atoms with Gasteiger partial charge in [0.15, 0.2) is 0 Å². The number of fused-ring (bicyclic) bond motifs is 11. The lowest BCUT2D eigenvalue weighted by atomic mass is 9.36. The fourth-order valence-electron chi connectivity index (χ4n) is 12.0. The first-order valence-electron chi connectivity index (χ1n) is 25.5. The maximum atomic E-state index is 6.94. The van der Waals surface area contributed by atoms with Gasteiger partial charge in [0.05, 0.1) is 11.4 Å². The van der Waals surface area contributed by atoms with E-state index in [2.05, 4.69) is 252 Å². The minimum absolute atomic E-state index is 0.00350. The number of benzene rings is 9. The van der Waals surface area contributed by atoms with Crippen molar-refractivity contribution in [2.24, 2.45) is 0 Å². The van der Waals surface area contributed by atoms with Crippen LogP contribution in [0.4, 0.5) is 28.4 Å². The van der Waals surface area contributed by atoms with Gasteiger partial charge in [-0.15, -0.1) is 29.3 Å². The van der Waals surface area contributed by atoms with Crippen molar-refractivity contribution >= 4 is 113 Å². The summed E-state index contributed by atoms with van der Waals surface area (Å²) in [6.45, 7) is 5.31. The first kappa shape index (κ1) is 44.2. The Morgan fingerprint density at radius 1 is 0.467 bits per heavy atom. The van der Waals surface area contributed by atoms with Crippen LogP contribution >= 0.6 is 34.4 Å². The number of para-hydroxylation sites is 2. The maximum absolute atomic E-state index is 6.94. The fourth-order valence-corrected chi connectivity index (χ4v) is 16.1. The SMILES string of the molecule is C=C1B2c3cc4cc5c(cc4cc3OC/C=C\C=C1N(c1ccccc1)c1c2sc(-c2ccccc2)c1-c1ccccc1)Sc1cccc2c1B5c1sc(-c3ccccc3)c(-c3ccccc3)c1N2c1ccccc1. The minimum atomic E-state index is -0.195. The molecule has 0 saturated carbocycles. The molecule has 4 aliphatic rings. The lowest BCUT2D eigenvalue weighted by Gasteiger charge is -2.39. The van der Waals surface area contributed by atoms with Gasteiger partial charge in [-0.05, 0) is 105 Å². The van der Waals surface area contributed by atoms with Crippen LogP contribution in [0.25, 0.3) is 53.9 Å². The zero-order chi connectivity index (χ0) is 49.6. The lowest BCUT2D eigenvalue weighted by Crippen LogP contribution is -2.58. The van der Waals surface area contributed by atoms with E-state index >= 15 is 0 Å². The second kappa shape index (κ2) is 18.0. The highest BCUT2D eigenvalue weighted by Crippen LogP contribution is 2.53. The molecule has 0 atom stereocenters. The molecule has 15 rings (SSSR count). The van der Waals surface area contributed by atoms with E-state index < -0.39 is 0 Å². The van der Waals surface area contributed by atoms with E-state index in [4.69, 9.17) is 11.3 Å². The van der Waals surface area contributed by atoms with Gasteiger partial charge in [-0.25, -0.2) is 0 Å². The molecule has 11 aromatic rings. The third-order valence-corrected chi connectivity index (χ3v) is 18.9. The van der Waals surface area contributed by atoms with Crippen molar-refractivity contribution in [3.05, 3.63) is 260 Å². The summed E-state index contributed by atoms with van der Waals surface area (Å²) in [7, 11) is 0. The summed E-state index contributed by atoms with van der Waals surface area (Å²) in [5.41, 5.74) is 19.1. The van der Waals surface area contributed by atoms with Crippen molar-refractivity contribution in [2.75, 3.05) is 16.4 Å². The smallest absolute Gasteiger partial charge is 0.263 e. The number of allylic oxidation sites excluding steroid dienone is 3. The molecule has 6 heterocycles. The predicted molar refractivity (Wildman–Crippen MR) is 323 cm³/mol. The number of hydrogen-bond acceptors (Lipinski definition) is 6. The Kier molecular flexibility index (Phi) is 10.6. The van der Waals surface area contributed by atoms with E-state index in [0.717, 1.165) is 39.1 Å². The van der Waals surface area contributed by atoms with Crippen LogP contribution in [-0.2, 0) is 0 Å². The van der Waals surface area contributed by atoms with E-state index in [1.54, 1.807) is 0 Å². The fraction of sp³-hybridized carbons (Fsp3) is 0.0149. The topological polar surface area (TPSA) is 15.7 Å². The number of thiophene rings is 2. The molecule has 0 fully saturated rings. The van der Waals surface area contributed by atoms with Crippen molar-refractivity contribution in [3.8, 4) is 48.9 Å². The Bertz CT molecular complexity index is 4120. The highest BCUT2D eigenvalue weighted by molar-refractivity contribution is 8.00. The van der Waals surface area contributed by atoms with E-state index in [-0.39, 0.29) is 13.4 Å². The number of nitrogens with zero attached hydrogens (tertiary/aromatic N) is 2. The average molecular weight is 1010 g/mol. The van der Waals surface area contributed by atoms with E-state index in [1.807, 2.05) is 34.4 Å². The Labute approximate surface area is 450 Å². The largest absolute Gasteiger partial charge is 0.490 e. The molecule has 4 aliphatic heterocycles. The Balaban J connectivity index is 0.988. The second-order valence-corrected chi connectivity index (χ2v) is 22.6. The molecule has 0 unspecified atom stereocenters. The molecule has 0 amide bonds. The summed E-state index contributed by atoms with van der Waals surface area (Å²) in [6, 6.07) is 82.3. The summed E-state index contributed by atoms with van der Waals surface area (Å²) in [5, 5.41) is 2.35. The summed E-state index contributed by atoms with van der Waals surface area (Å²) < 4.78 is 9.54. The minimum Gasteiger partial charge on any atom is -0.490 e. The second-order valence-electron chi connectivity index (χ2n) is 19.4. The number of hydrogen-bond donors (Lipinski definition) is 0. The number of ether oxygens (including phenoxy) is 1. The van der Waals surface area contributed by atoms with Crippen molar-refractivity contribution in [1.29, 1.82) is 0 Å². The van der Waals surface area contributed by atoms with Crippen LogP contribution in [0.2, 0.25) is 0 Å². The average Bonchev–Trinajstić information content (AvgIpc) is 4.10. The molecule has 8 heteroatoms. The standard InChI is InChI=1S/C67H44B2N2OS3/c1-43-54-35-20-21-38-72-56-41-49-42-58-53(40-48(49)39-52(56)68(43)66-62(70(54)50-31-16-6-17-32-50)59(44-23-8-2-9-24-44)64(74-66)46-27-12-4-13-28-46)69-61-55(36-22-37-57(61)73-58)71(51-33-18-7-19-34-51)63-60(45-25-10-3-11-26-45)65(75-67(63)69)47-29-14-5-15-30-47/h2-37,39-42H,1,38H2/b21-20-,54-35?. The summed E-state index contributed by atoms with van der Waals surface area (Å²) in [6.07, 6.45) is 6.51.